The number of nitrogens with one attached hydrogen (secondary N) is 2. The van der Waals surface area contributed by atoms with E-state index in [1.807, 2.05) is 0 Å². The molecule has 122 valence electrons. The van der Waals surface area contributed by atoms with Crippen LogP contribution in [0.2, 0.25) is 0 Å². The minimum absolute atomic E-state index is 0. The highest BCUT2D eigenvalue weighted by atomic mass is 127. The van der Waals surface area contributed by atoms with Crippen LogP contribution < -0.4 is 10.6 Å². The van der Waals surface area contributed by atoms with Crippen LogP contribution in [0.25, 0.3) is 0 Å². The molecule has 0 aromatic carbocycles. The molecule has 0 aliphatic heterocycles. The van der Waals surface area contributed by atoms with Crippen molar-refractivity contribution in [2.45, 2.75) is 51.6 Å². The first kappa shape index (κ1) is 18.8. The molecule has 6 heteroatoms. The summed E-state index contributed by atoms with van der Waals surface area (Å²) in [5.41, 5.74) is 2.60. The Morgan fingerprint density at radius 2 is 2.36 bits per heavy atom. The number of fused-ring (bicyclic) bond motifs is 1. The first-order chi connectivity index (χ1) is 10.1. The second-order valence-electron chi connectivity index (χ2n) is 5.71. The minimum atomic E-state index is 0. The fraction of sp³-hybridized carbons (Fsp3) is 0.625. The van der Waals surface area contributed by atoms with E-state index in [-0.39, 0.29) is 24.0 Å². The van der Waals surface area contributed by atoms with Crippen LogP contribution in [-0.4, -0.2) is 35.4 Å². The first-order valence-corrected chi connectivity index (χ1v) is 7.61. The zero-order valence-electron chi connectivity index (χ0n) is 13.6. The molecule has 1 unspecified atom stereocenters. The number of hydrogen-bond acceptors (Lipinski definition) is 2. The van der Waals surface area contributed by atoms with Crippen molar-refractivity contribution in [3.05, 3.63) is 17.5 Å². The van der Waals surface area contributed by atoms with Crippen LogP contribution in [-0.2, 0) is 12.8 Å². The number of aliphatic imine (C=N–C) groups is 1. The number of nitrogens with zero attached hydrogens (tertiary/aromatic N) is 3. The largest absolute Gasteiger partial charge is 0.355 e. The van der Waals surface area contributed by atoms with Crippen LogP contribution >= 0.6 is 24.0 Å². The van der Waals surface area contributed by atoms with Gasteiger partial charge in [-0.05, 0) is 32.3 Å². The Balaban J connectivity index is 0.00000242. The number of hydrogen-bond donors (Lipinski definition) is 2. The standard InChI is InChI=1S/C16H25N5.HI/c1-5-6-9-18-16(17-4)19-14-8-7-13-11-21(12(2)3)20-15(13)10-14;/h1,11-12,14H,6-10H2,2-4H3,(H2,17,18,19);1H. The minimum Gasteiger partial charge on any atom is -0.355 e. The van der Waals surface area contributed by atoms with E-state index in [2.05, 4.69) is 46.3 Å². The van der Waals surface area contributed by atoms with E-state index in [9.17, 15) is 0 Å². The van der Waals surface area contributed by atoms with Gasteiger partial charge in [-0.15, -0.1) is 36.3 Å². The summed E-state index contributed by atoms with van der Waals surface area (Å²) < 4.78 is 2.06. The zero-order chi connectivity index (χ0) is 15.2. The summed E-state index contributed by atoms with van der Waals surface area (Å²) >= 11 is 0. The van der Waals surface area contributed by atoms with Crippen LogP contribution in [0.5, 0.6) is 0 Å². The summed E-state index contributed by atoms with van der Waals surface area (Å²) in [6, 6.07) is 0.797. The molecule has 0 saturated heterocycles. The van der Waals surface area contributed by atoms with Gasteiger partial charge in [0.1, 0.15) is 0 Å². The van der Waals surface area contributed by atoms with Crippen molar-refractivity contribution in [1.82, 2.24) is 20.4 Å². The van der Waals surface area contributed by atoms with Crippen molar-refractivity contribution in [3.8, 4) is 12.3 Å². The summed E-state index contributed by atoms with van der Waals surface area (Å²) in [6.45, 7) is 5.06. The molecular formula is C16H26IN5. The maximum atomic E-state index is 5.26. The van der Waals surface area contributed by atoms with Gasteiger partial charge >= 0.3 is 0 Å². The molecule has 5 nitrogen and oxygen atoms in total. The molecule has 0 saturated carbocycles. The number of halogens is 1. The highest BCUT2D eigenvalue weighted by Crippen LogP contribution is 2.21. The van der Waals surface area contributed by atoms with Crippen molar-refractivity contribution in [3.63, 3.8) is 0 Å². The van der Waals surface area contributed by atoms with Gasteiger partial charge in [-0.25, -0.2) is 0 Å². The lowest BCUT2D eigenvalue weighted by Crippen LogP contribution is -2.45. The van der Waals surface area contributed by atoms with E-state index in [0.717, 1.165) is 31.8 Å². The Bertz CT molecular complexity index is 541. The third-order valence-electron chi connectivity index (χ3n) is 3.75. The number of rotatable bonds is 4. The third-order valence-corrected chi connectivity index (χ3v) is 3.75. The lowest BCUT2D eigenvalue weighted by Gasteiger charge is -2.24. The maximum absolute atomic E-state index is 5.26. The molecule has 0 spiro atoms. The fourth-order valence-corrected chi connectivity index (χ4v) is 2.54. The first-order valence-electron chi connectivity index (χ1n) is 7.61. The Labute approximate surface area is 150 Å². The summed E-state index contributed by atoms with van der Waals surface area (Å²) in [5, 5.41) is 11.4. The molecule has 2 rings (SSSR count). The number of aromatic nitrogens is 2. The number of terminal acetylenes is 1. The molecule has 0 fully saturated rings. The van der Waals surface area contributed by atoms with Crippen molar-refractivity contribution in [2.75, 3.05) is 13.6 Å². The molecule has 1 aromatic rings. The van der Waals surface area contributed by atoms with Crippen LogP contribution in [0.3, 0.4) is 0 Å². The van der Waals surface area contributed by atoms with Crippen LogP contribution in [0, 0.1) is 12.3 Å². The van der Waals surface area contributed by atoms with Crippen LogP contribution in [0.1, 0.15) is 44.0 Å². The molecule has 22 heavy (non-hydrogen) atoms. The fourth-order valence-electron chi connectivity index (χ4n) is 2.54. The molecule has 0 bridgehead atoms. The van der Waals surface area contributed by atoms with Gasteiger partial charge in [0.25, 0.3) is 0 Å². The Kier molecular flexibility index (Phi) is 7.73. The number of aryl methyl sites for hydroxylation is 1. The normalized spacial score (nSPS) is 17.4. The topological polar surface area (TPSA) is 54.2 Å². The summed E-state index contributed by atoms with van der Waals surface area (Å²) in [7, 11) is 1.78. The predicted molar refractivity (Wildman–Crippen MR) is 102 cm³/mol. The molecule has 1 aliphatic carbocycles. The molecule has 1 heterocycles. The SMILES string of the molecule is C#CCCNC(=NC)NC1CCc2cn(C(C)C)nc2C1.I. The maximum Gasteiger partial charge on any atom is 0.191 e. The lowest BCUT2D eigenvalue weighted by atomic mass is 9.94. The molecule has 0 radical (unpaired) electrons. The van der Waals surface area contributed by atoms with Crippen LogP contribution in [0.15, 0.2) is 11.2 Å². The van der Waals surface area contributed by atoms with Crippen molar-refractivity contribution in [2.24, 2.45) is 4.99 Å². The van der Waals surface area contributed by atoms with Crippen molar-refractivity contribution in [1.29, 1.82) is 0 Å². The van der Waals surface area contributed by atoms with Gasteiger partial charge in [-0.2, -0.15) is 5.10 Å². The van der Waals surface area contributed by atoms with Gasteiger partial charge in [0.15, 0.2) is 5.96 Å². The zero-order valence-corrected chi connectivity index (χ0v) is 15.9. The van der Waals surface area contributed by atoms with Crippen LogP contribution in [0.4, 0.5) is 0 Å². The van der Waals surface area contributed by atoms with E-state index in [1.165, 1.54) is 11.3 Å². The van der Waals surface area contributed by atoms with Gasteiger partial charge in [-0.1, -0.05) is 0 Å². The smallest absolute Gasteiger partial charge is 0.191 e. The lowest BCUT2D eigenvalue weighted by molar-refractivity contribution is 0.499. The summed E-state index contributed by atoms with van der Waals surface area (Å²) in [5.74, 6) is 3.44. The molecular weight excluding hydrogens is 389 g/mol. The van der Waals surface area contributed by atoms with Gasteiger partial charge in [0.2, 0.25) is 0 Å². The molecule has 1 aromatic heterocycles. The third kappa shape index (κ3) is 4.90. The van der Waals surface area contributed by atoms with E-state index < -0.39 is 0 Å². The number of guanidine groups is 1. The summed E-state index contributed by atoms with van der Waals surface area (Å²) in [4.78, 5) is 4.24. The average Bonchev–Trinajstić information content (AvgIpc) is 2.90. The van der Waals surface area contributed by atoms with E-state index in [4.69, 9.17) is 11.5 Å². The Morgan fingerprint density at radius 1 is 1.59 bits per heavy atom. The van der Waals surface area contributed by atoms with Gasteiger partial charge < -0.3 is 10.6 Å². The van der Waals surface area contributed by atoms with Gasteiger partial charge in [0.05, 0.1) is 5.69 Å². The van der Waals surface area contributed by atoms with E-state index >= 15 is 0 Å². The average molecular weight is 415 g/mol. The Hall–Kier alpha value is -1.23. The Morgan fingerprint density at radius 3 is 3.00 bits per heavy atom. The molecule has 1 atom stereocenters. The molecule has 0 amide bonds. The monoisotopic (exact) mass is 415 g/mol. The van der Waals surface area contributed by atoms with E-state index in [1.54, 1.807) is 7.05 Å². The highest BCUT2D eigenvalue weighted by molar-refractivity contribution is 14.0. The van der Waals surface area contributed by atoms with Crippen molar-refractivity contribution >= 4 is 29.9 Å². The summed E-state index contributed by atoms with van der Waals surface area (Å²) in [6.07, 6.45) is 11.3. The van der Waals surface area contributed by atoms with Gasteiger partial charge in [0, 0.05) is 44.7 Å². The molecule has 1 aliphatic rings. The second kappa shape index (κ2) is 9.03. The van der Waals surface area contributed by atoms with E-state index in [0.29, 0.717) is 18.5 Å². The van der Waals surface area contributed by atoms with Crippen molar-refractivity contribution < 1.29 is 0 Å². The van der Waals surface area contributed by atoms with Gasteiger partial charge in [-0.3, -0.25) is 9.67 Å². The second-order valence-corrected chi connectivity index (χ2v) is 5.71. The molecule has 2 N–H and O–H groups in total. The highest BCUT2D eigenvalue weighted by Gasteiger charge is 2.22. The predicted octanol–water partition coefficient (Wildman–Crippen LogP) is 2.13. The quantitative estimate of drug-likeness (QED) is 0.261.